The largest absolute Gasteiger partial charge is 0.508 e. The highest BCUT2D eigenvalue weighted by molar-refractivity contribution is 5.40. The number of phenolic OH excluding ortho intramolecular Hbond substituents is 2. The zero-order chi connectivity index (χ0) is 13.1. The number of aromatic nitrogens is 2. The summed E-state index contributed by atoms with van der Waals surface area (Å²) in [5.74, 6) is 1.24. The standard InChI is InChI=1S/C13H17N3O2/c1-9(11-7-10(17)3-4-12(11)18)15-8-13-14-5-6-16(13)2/h3-7,9,15,17-18H,8H2,1-2H3. The molecule has 0 aliphatic carbocycles. The summed E-state index contributed by atoms with van der Waals surface area (Å²) in [4.78, 5) is 4.21. The van der Waals surface area contributed by atoms with Gasteiger partial charge in [0.2, 0.25) is 0 Å². The van der Waals surface area contributed by atoms with Crippen molar-refractivity contribution in [3.63, 3.8) is 0 Å². The molecular formula is C13H17N3O2. The van der Waals surface area contributed by atoms with Crippen LogP contribution in [0.15, 0.2) is 30.6 Å². The second kappa shape index (κ2) is 5.10. The minimum atomic E-state index is -0.0752. The highest BCUT2D eigenvalue weighted by Crippen LogP contribution is 2.27. The lowest BCUT2D eigenvalue weighted by Crippen LogP contribution is -2.20. The fraction of sp³-hybridized carbons (Fsp3) is 0.308. The van der Waals surface area contributed by atoms with Gasteiger partial charge in [-0.15, -0.1) is 0 Å². The van der Waals surface area contributed by atoms with Gasteiger partial charge in [0, 0.05) is 31.0 Å². The number of rotatable bonds is 4. The molecule has 0 radical (unpaired) electrons. The van der Waals surface area contributed by atoms with Gasteiger partial charge in [0.1, 0.15) is 17.3 Å². The maximum atomic E-state index is 9.75. The lowest BCUT2D eigenvalue weighted by Gasteiger charge is -2.15. The number of imidazole rings is 1. The van der Waals surface area contributed by atoms with E-state index in [0.717, 1.165) is 5.82 Å². The third kappa shape index (κ3) is 2.62. The van der Waals surface area contributed by atoms with Crippen molar-refractivity contribution < 1.29 is 10.2 Å². The lowest BCUT2D eigenvalue weighted by atomic mass is 10.1. The van der Waals surface area contributed by atoms with E-state index in [4.69, 9.17) is 0 Å². The Balaban J connectivity index is 2.06. The number of aromatic hydroxyl groups is 2. The van der Waals surface area contributed by atoms with E-state index in [2.05, 4.69) is 10.3 Å². The molecule has 0 saturated carbocycles. The molecule has 2 aromatic rings. The van der Waals surface area contributed by atoms with Crippen LogP contribution in [-0.4, -0.2) is 19.8 Å². The number of aryl methyl sites for hydroxylation is 1. The highest BCUT2D eigenvalue weighted by atomic mass is 16.3. The molecule has 0 aliphatic rings. The summed E-state index contributed by atoms with van der Waals surface area (Å²) in [5.41, 5.74) is 0.671. The van der Waals surface area contributed by atoms with Gasteiger partial charge in [-0.25, -0.2) is 4.98 Å². The van der Waals surface area contributed by atoms with Crippen molar-refractivity contribution in [3.8, 4) is 11.5 Å². The minimum Gasteiger partial charge on any atom is -0.508 e. The van der Waals surface area contributed by atoms with Crippen LogP contribution in [0.5, 0.6) is 11.5 Å². The van der Waals surface area contributed by atoms with Gasteiger partial charge in [-0.1, -0.05) is 0 Å². The zero-order valence-corrected chi connectivity index (χ0v) is 10.5. The summed E-state index contributed by atoms with van der Waals surface area (Å²) in [6.45, 7) is 2.52. The second-order valence-corrected chi connectivity index (χ2v) is 4.30. The van der Waals surface area contributed by atoms with E-state index < -0.39 is 0 Å². The first-order chi connectivity index (χ1) is 8.58. The van der Waals surface area contributed by atoms with E-state index in [1.54, 1.807) is 12.3 Å². The average molecular weight is 247 g/mol. The molecule has 1 atom stereocenters. The van der Waals surface area contributed by atoms with Crippen LogP contribution in [0.1, 0.15) is 24.4 Å². The predicted octanol–water partition coefficient (Wildman–Crippen LogP) is 1.68. The lowest BCUT2D eigenvalue weighted by molar-refractivity contribution is 0.439. The van der Waals surface area contributed by atoms with Crippen molar-refractivity contribution in [1.29, 1.82) is 0 Å². The molecule has 1 heterocycles. The van der Waals surface area contributed by atoms with Crippen molar-refractivity contribution in [1.82, 2.24) is 14.9 Å². The molecule has 5 nitrogen and oxygen atoms in total. The van der Waals surface area contributed by atoms with Crippen LogP contribution in [0, 0.1) is 0 Å². The first kappa shape index (κ1) is 12.4. The number of benzene rings is 1. The van der Waals surface area contributed by atoms with Crippen LogP contribution in [0.4, 0.5) is 0 Å². The summed E-state index contributed by atoms with van der Waals surface area (Å²) < 4.78 is 1.93. The number of hydrogen-bond acceptors (Lipinski definition) is 4. The van der Waals surface area contributed by atoms with Gasteiger partial charge in [-0.3, -0.25) is 0 Å². The van der Waals surface area contributed by atoms with Crippen LogP contribution in [-0.2, 0) is 13.6 Å². The maximum Gasteiger partial charge on any atom is 0.122 e. The molecule has 18 heavy (non-hydrogen) atoms. The number of nitrogens with zero attached hydrogens (tertiary/aromatic N) is 2. The molecule has 0 aliphatic heterocycles. The molecule has 0 bridgehead atoms. The van der Waals surface area contributed by atoms with E-state index in [1.807, 2.05) is 24.7 Å². The fourth-order valence-electron chi connectivity index (χ4n) is 1.81. The van der Waals surface area contributed by atoms with Crippen molar-refractivity contribution in [2.24, 2.45) is 7.05 Å². The molecule has 0 saturated heterocycles. The monoisotopic (exact) mass is 247 g/mol. The first-order valence-electron chi connectivity index (χ1n) is 5.79. The average Bonchev–Trinajstić information content (AvgIpc) is 2.75. The molecule has 0 amide bonds. The molecule has 2 rings (SSSR count). The van der Waals surface area contributed by atoms with Crippen molar-refractivity contribution in [2.75, 3.05) is 0 Å². The van der Waals surface area contributed by atoms with Gasteiger partial charge in [0.15, 0.2) is 0 Å². The summed E-state index contributed by atoms with van der Waals surface area (Å²) in [6, 6.07) is 4.44. The highest BCUT2D eigenvalue weighted by Gasteiger charge is 2.11. The van der Waals surface area contributed by atoms with E-state index in [1.165, 1.54) is 12.1 Å². The fourth-order valence-corrected chi connectivity index (χ4v) is 1.81. The molecule has 5 heteroatoms. The van der Waals surface area contributed by atoms with Crippen LogP contribution >= 0.6 is 0 Å². The molecule has 3 N–H and O–H groups in total. The van der Waals surface area contributed by atoms with Crippen molar-refractivity contribution in [3.05, 3.63) is 42.0 Å². The third-order valence-electron chi connectivity index (χ3n) is 2.96. The normalized spacial score (nSPS) is 12.6. The third-order valence-corrected chi connectivity index (χ3v) is 2.96. The Morgan fingerprint density at radius 2 is 2.17 bits per heavy atom. The smallest absolute Gasteiger partial charge is 0.122 e. The second-order valence-electron chi connectivity index (χ2n) is 4.30. The predicted molar refractivity (Wildman–Crippen MR) is 68.2 cm³/mol. The Kier molecular flexibility index (Phi) is 3.53. The maximum absolute atomic E-state index is 9.75. The summed E-state index contributed by atoms with van der Waals surface area (Å²) in [7, 11) is 1.93. The molecule has 1 unspecified atom stereocenters. The molecule has 96 valence electrons. The van der Waals surface area contributed by atoms with Gasteiger partial charge in [-0.2, -0.15) is 0 Å². The number of nitrogens with one attached hydrogen (secondary N) is 1. The van der Waals surface area contributed by atoms with Crippen LogP contribution in [0.25, 0.3) is 0 Å². The SMILES string of the molecule is CC(NCc1nccn1C)c1cc(O)ccc1O. The van der Waals surface area contributed by atoms with E-state index in [-0.39, 0.29) is 17.5 Å². The van der Waals surface area contributed by atoms with Crippen LogP contribution in [0.2, 0.25) is 0 Å². The minimum absolute atomic E-state index is 0.0752. The Morgan fingerprint density at radius 1 is 1.39 bits per heavy atom. The molecule has 1 aromatic carbocycles. The topological polar surface area (TPSA) is 70.3 Å². The molecular weight excluding hydrogens is 230 g/mol. The van der Waals surface area contributed by atoms with Gasteiger partial charge in [0.25, 0.3) is 0 Å². The Labute approximate surface area is 106 Å². The molecule has 0 fully saturated rings. The van der Waals surface area contributed by atoms with E-state index in [9.17, 15) is 10.2 Å². The number of hydrogen-bond donors (Lipinski definition) is 3. The molecule has 1 aromatic heterocycles. The van der Waals surface area contributed by atoms with Gasteiger partial charge < -0.3 is 20.1 Å². The van der Waals surface area contributed by atoms with E-state index >= 15 is 0 Å². The Morgan fingerprint density at radius 3 is 2.83 bits per heavy atom. The Bertz CT molecular complexity index is 537. The molecule has 0 spiro atoms. The van der Waals surface area contributed by atoms with Crippen LogP contribution in [0.3, 0.4) is 0 Å². The summed E-state index contributed by atoms with van der Waals surface area (Å²) in [5, 5.41) is 22.4. The van der Waals surface area contributed by atoms with Gasteiger partial charge in [0.05, 0.1) is 6.54 Å². The number of phenols is 2. The first-order valence-corrected chi connectivity index (χ1v) is 5.79. The van der Waals surface area contributed by atoms with Crippen molar-refractivity contribution >= 4 is 0 Å². The van der Waals surface area contributed by atoms with Crippen molar-refractivity contribution in [2.45, 2.75) is 19.5 Å². The zero-order valence-electron chi connectivity index (χ0n) is 10.5. The Hall–Kier alpha value is -2.01. The summed E-state index contributed by atoms with van der Waals surface area (Å²) in [6.07, 6.45) is 3.63. The van der Waals surface area contributed by atoms with E-state index in [0.29, 0.717) is 12.1 Å². The summed E-state index contributed by atoms with van der Waals surface area (Å²) >= 11 is 0. The van der Waals surface area contributed by atoms with Gasteiger partial charge in [-0.05, 0) is 25.1 Å². The van der Waals surface area contributed by atoms with Gasteiger partial charge >= 0.3 is 0 Å². The van der Waals surface area contributed by atoms with Crippen LogP contribution < -0.4 is 5.32 Å². The quantitative estimate of drug-likeness (QED) is 0.719.